The monoisotopic (exact) mass is 274 g/mol. The highest BCUT2D eigenvalue weighted by molar-refractivity contribution is 14.1. The molecule has 5 heteroatoms. The van der Waals surface area contributed by atoms with E-state index in [2.05, 4.69) is 0 Å². The molecule has 0 amide bonds. The average molecular weight is 274 g/mol. The number of hydrogen-bond donors (Lipinski definition) is 3. The Labute approximate surface area is 78.3 Å². The molecule has 4 nitrogen and oxygen atoms in total. The van der Waals surface area contributed by atoms with Crippen molar-refractivity contribution in [2.45, 2.75) is 29.5 Å². The summed E-state index contributed by atoms with van der Waals surface area (Å²) >= 11 is 1.88. The van der Waals surface area contributed by atoms with Gasteiger partial charge in [-0.05, 0) is 22.6 Å². The van der Waals surface area contributed by atoms with E-state index in [9.17, 15) is 10.2 Å². The summed E-state index contributed by atoms with van der Waals surface area (Å²) in [5.74, 6) is -0.347. The van der Waals surface area contributed by atoms with Gasteiger partial charge >= 0.3 is 0 Å². The Bertz CT molecular complexity index is 129. The lowest BCUT2D eigenvalue weighted by Gasteiger charge is -2.36. The summed E-state index contributed by atoms with van der Waals surface area (Å²) in [7, 11) is 0. The number of rotatable bonds is 0. The molecule has 0 bridgehead atoms. The van der Waals surface area contributed by atoms with E-state index in [1.54, 1.807) is 6.92 Å². The summed E-state index contributed by atoms with van der Waals surface area (Å²) in [6, 6.07) is 0. The van der Waals surface area contributed by atoms with Crippen LogP contribution < -0.4 is 0 Å². The van der Waals surface area contributed by atoms with E-state index < -0.39 is 22.6 Å². The molecule has 1 aliphatic heterocycles. The Balaban J connectivity index is 2.63. The van der Waals surface area contributed by atoms with Crippen molar-refractivity contribution in [3.63, 3.8) is 0 Å². The molecule has 0 aromatic rings. The number of aliphatic hydroxyl groups is 3. The lowest BCUT2D eigenvalue weighted by atomic mass is 9.96. The molecule has 1 fully saturated rings. The number of ether oxygens (including phenoxy) is 1. The SMILES string of the molecule is C[C@@H]1[C@@H](O)[C@@H](O)O[C@H](I)[C@H]1O. The Kier molecular flexibility index (Phi) is 3.10. The first-order valence-corrected chi connectivity index (χ1v) is 4.62. The zero-order valence-electron chi connectivity index (χ0n) is 6.01. The van der Waals surface area contributed by atoms with Gasteiger partial charge in [0.25, 0.3) is 0 Å². The Morgan fingerprint density at radius 1 is 1.18 bits per heavy atom. The van der Waals surface area contributed by atoms with Gasteiger partial charge in [0, 0.05) is 5.92 Å². The number of aliphatic hydroxyl groups excluding tert-OH is 3. The molecule has 0 aromatic heterocycles. The maximum Gasteiger partial charge on any atom is 0.182 e. The number of alkyl halides is 1. The van der Waals surface area contributed by atoms with E-state index in [4.69, 9.17) is 9.84 Å². The van der Waals surface area contributed by atoms with Crippen molar-refractivity contribution >= 4 is 22.6 Å². The maximum absolute atomic E-state index is 9.33. The van der Waals surface area contributed by atoms with Crippen molar-refractivity contribution in [1.29, 1.82) is 0 Å². The van der Waals surface area contributed by atoms with E-state index >= 15 is 0 Å². The number of halogens is 1. The molecule has 11 heavy (non-hydrogen) atoms. The van der Waals surface area contributed by atoms with Crippen LogP contribution in [0.3, 0.4) is 0 Å². The molecule has 1 aliphatic rings. The topological polar surface area (TPSA) is 69.9 Å². The molecular formula is C6H11IO4. The molecule has 0 aromatic carbocycles. The van der Waals surface area contributed by atoms with E-state index in [0.717, 1.165) is 0 Å². The minimum absolute atomic E-state index is 0.347. The lowest BCUT2D eigenvalue weighted by molar-refractivity contribution is -0.239. The van der Waals surface area contributed by atoms with E-state index in [1.807, 2.05) is 22.6 Å². The summed E-state index contributed by atoms with van der Waals surface area (Å²) in [6.45, 7) is 1.67. The minimum atomic E-state index is -1.17. The summed E-state index contributed by atoms with van der Waals surface area (Å²) in [5.41, 5.74) is 0. The summed E-state index contributed by atoms with van der Waals surface area (Å²) < 4.78 is 4.38. The highest BCUT2D eigenvalue weighted by Crippen LogP contribution is 2.27. The predicted molar refractivity (Wildman–Crippen MR) is 46.1 cm³/mol. The van der Waals surface area contributed by atoms with Crippen LogP contribution in [0.25, 0.3) is 0 Å². The fourth-order valence-electron chi connectivity index (χ4n) is 0.995. The van der Waals surface area contributed by atoms with Crippen molar-refractivity contribution < 1.29 is 20.1 Å². The molecular weight excluding hydrogens is 263 g/mol. The fraction of sp³-hybridized carbons (Fsp3) is 1.00. The third kappa shape index (κ3) is 1.83. The highest BCUT2D eigenvalue weighted by Gasteiger charge is 2.39. The normalized spacial score (nSPS) is 52.6. The van der Waals surface area contributed by atoms with Gasteiger partial charge < -0.3 is 20.1 Å². The zero-order valence-corrected chi connectivity index (χ0v) is 8.17. The molecule has 0 spiro atoms. The second kappa shape index (κ2) is 3.53. The van der Waals surface area contributed by atoms with Gasteiger partial charge in [0.1, 0.15) is 10.2 Å². The molecule has 1 saturated heterocycles. The van der Waals surface area contributed by atoms with Crippen molar-refractivity contribution in [3.05, 3.63) is 0 Å². The van der Waals surface area contributed by atoms with E-state index in [1.165, 1.54) is 0 Å². The Morgan fingerprint density at radius 2 is 1.73 bits per heavy atom. The van der Waals surface area contributed by atoms with E-state index in [0.29, 0.717) is 0 Å². The summed E-state index contributed by atoms with van der Waals surface area (Å²) in [4.78, 5) is 0. The summed E-state index contributed by atoms with van der Waals surface area (Å²) in [6.07, 6.45) is -2.87. The largest absolute Gasteiger partial charge is 0.389 e. The van der Waals surface area contributed by atoms with Crippen LogP contribution in [0.1, 0.15) is 6.92 Å². The van der Waals surface area contributed by atoms with E-state index in [-0.39, 0.29) is 5.92 Å². The first-order chi connectivity index (χ1) is 5.04. The Hall–Kier alpha value is 0.570. The molecule has 1 heterocycles. The van der Waals surface area contributed by atoms with Crippen molar-refractivity contribution in [3.8, 4) is 0 Å². The van der Waals surface area contributed by atoms with Crippen LogP contribution in [0.15, 0.2) is 0 Å². The second-order valence-electron chi connectivity index (χ2n) is 2.72. The third-order valence-electron chi connectivity index (χ3n) is 1.91. The molecule has 5 atom stereocenters. The molecule has 0 aliphatic carbocycles. The smallest absolute Gasteiger partial charge is 0.182 e. The molecule has 3 N–H and O–H groups in total. The van der Waals surface area contributed by atoms with Gasteiger partial charge in [-0.3, -0.25) is 0 Å². The van der Waals surface area contributed by atoms with Crippen LogP contribution >= 0.6 is 22.6 Å². The van der Waals surface area contributed by atoms with Crippen LogP contribution in [0, 0.1) is 5.92 Å². The minimum Gasteiger partial charge on any atom is -0.389 e. The highest BCUT2D eigenvalue weighted by atomic mass is 127. The molecule has 0 saturated carbocycles. The van der Waals surface area contributed by atoms with Crippen LogP contribution in [0.4, 0.5) is 0 Å². The van der Waals surface area contributed by atoms with Gasteiger partial charge in [0.15, 0.2) is 6.29 Å². The first-order valence-electron chi connectivity index (χ1n) is 3.37. The van der Waals surface area contributed by atoms with Crippen molar-refractivity contribution in [1.82, 2.24) is 0 Å². The molecule has 1 rings (SSSR count). The van der Waals surface area contributed by atoms with Gasteiger partial charge in [-0.2, -0.15) is 0 Å². The number of hydrogen-bond acceptors (Lipinski definition) is 4. The predicted octanol–water partition coefficient (Wildman–Crippen LogP) is -0.546. The van der Waals surface area contributed by atoms with Gasteiger partial charge in [0.2, 0.25) is 0 Å². The third-order valence-corrected chi connectivity index (χ3v) is 2.94. The fourth-order valence-corrected chi connectivity index (χ4v) is 1.95. The molecule has 0 radical (unpaired) electrons. The van der Waals surface area contributed by atoms with Gasteiger partial charge in [0.05, 0.1) is 6.10 Å². The average Bonchev–Trinajstić information content (AvgIpc) is 1.97. The molecule has 66 valence electrons. The first kappa shape index (κ1) is 9.66. The molecule has 0 unspecified atom stereocenters. The quantitative estimate of drug-likeness (QED) is 0.409. The van der Waals surface area contributed by atoms with Gasteiger partial charge in [-0.15, -0.1) is 0 Å². The van der Waals surface area contributed by atoms with Crippen LogP contribution in [-0.4, -0.2) is 37.9 Å². The van der Waals surface area contributed by atoms with Crippen LogP contribution in [0.2, 0.25) is 0 Å². The standard InChI is InChI=1S/C6H11IO4/c1-2-3(8)5(7)11-6(10)4(2)9/h2-6,8-10H,1H3/t2-,3-,4+,5-,6-/m0/s1. The van der Waals surface area contributed by atoms with Crippen molar-refractivity contribution in [2.24, 2.45) is 5.92 Å². The zero-order chi connectivity index (χ0) is 8.59. The second-order valence-corrected chi connectivity index (χ2v) is 3.95. The van der Waals surface area contributed by atoms with Gasteiger partial charge in [-0.25, -0.2) is 0 Å². The maximum atomic E-state index is 9.33. The van der Waals surface area contributed by atoms with Gasteiger partial charge in [-0.1, -0.05) is 6.92 Å². The Morgan fingerprint density at radius 3 is 2.27 bits per heavy atom. The van der Waals surface area contributed by atoms with Crippen molar-refractivity contribution in [2.75, 3.05) is 0 Å². The summed E-state index contributed by atoms with van der Waals surface area (Å²) in [5, 5.41) is 27.6. The van der Waals surface area contributed by atoms with Crippen LogP contribution in [-0.2, 0) is 4.74 Å². The lowest BCUT2D eigenvalue weighted by Crippen LogP contribution is -2.50. The van der Waals surface area contributed by atoms with Crippen LogP contribution in [0.5, 0.6) is 0 Å².